The summed E-state index contributed by atoms with van der Waals surface area (Å²) in [6, 6.07) is 1.27. The normalized spacial score (nSPS) is 8.80. The minimum atomic E-state index is -0.303. The van der Waals surface area contributed by atoms with Gasteiger partial charge in [-0.1, -0.05) is 0 Å². The molecule has 0 aliphatic carbocycles. The fourth-order valence-corrected chi connectivity index (χ4v) is 0.993. The Morgan fingerprint density at radius 1 is 1.60 bits per heavy atom. The van der Waals surface area contributed by atoms with E-state index >= 15 is 0 Å². The first-order chi connectivity index (χ1) is 4.20. The van der Waals surface area contributed by atoms with Crippen LogP contribution in [0.25, 0.3) is 0 Å². The average Bonchev–Trinajstić information content (AvgIpc) is 1.80. The molecule has 0 saturated heterocycles. The van der Waals surface area contributed by atoms with Gasteiger partial charge in [0.1, 0.15) is 0 Å². The first-order valence-electron chi connectivity index (χ1n) is 2.33. The van der Waals surface area contributed by atoms with Crippen LogP contribution in [0.4, 0.5) is 4.39 Å². The molecule has 0 saturated carbocycles. The van der Waals surface area contributed by atoms with Crippen molar-refractivity contribution >= 4 is 15.9 Å². The summed E-state index contributed by atoms with van der Waals surface area (Å²) in [5.41, 5.74) is 0. The summed E-state index contributed by atoms with van der Waals surface area (Å²) in [4.78, 5) is 3.73. The third-order valence-electron chi connectivity index (χ3n) is 0.884. The summed E-state index contributed by atoms with van der Waals surface area (Å²) in [5, 5.41) is 0.352. The van der Waals surface area contributed by atoms with E-state index in [4.69, 9.17) is 11.6 Å². The topological polar surface area (TPSA) is 12.9 Å². The molecule has 1 aromatic rings. The minimum Gasteiger partial charge on any atom is -1.00 e. The van der Waals surface area contributed by atoms with Crippen molar-refractivity contribution < 1.29 is 39.7 Å². The second kappa shape index (κ2) is 4.37. The van der Waals surface area contributed by atoms with Crippen LogP contribution in [0, 0.1) is 5.82 Å². The molecule has 0 spiro atoms. The van der Waals surface area contributed by atoms with Crippen molar-refractivity contribution in [2.24, 2.45) is 0 Å². The van der Waals surface area contributed by atoms with Crippen LogP contribution in [0.1, 0.15) is 0 Å². The minimum absolute atomic E-state index is 0. The predicted octanol–water partition coefficient (Wildman–Crippen LogP) is -1.95. The summed E-state index contributed by atoms with van der Waals surface area (Å²) in [7, 11) is 0. The van der Waals surface area contributed by atoms with Crippen LogP contribution in [0.3, 0.4) is 0 Å². The van der Waals surface area contributed by atoms with Gasteiger partial charge in [-0.3, -0.25) is 0 Å². The van der Waals surface area contributed by atoms with Gasteiger partial charge in [0.15, 0.2) is 0 Å². The Morgan fingerprint density at radius 2 is 2.20 bits per heavy atom. The molecule has 1 nitrogen and oxygen atoms in total. The first kappa shape index (κ1) is 10.5. The van der Waals surface area contributed by atoms with E-state index in [0.717, 1.165) is 18.3 Å². The van der Waals surface area contributed by atoms with Crippen LogP contribution in [0.15, 0.2) is 12.3 Å². The zero-order valence-electron chi connectivity index (χ0n) is 4.94. The Bertz CT molecular complexity index is 233. The molecule has 0 atom stereocenters. The third kappa shape index (κ3) is 2.61. The Morgan fingerprint density at radius 3 is 2.60 bits per heavy atom. The SMILES string of the molecule is Fc1cc(Cl)cn[c]1[Zn+].[Br-]. The molecule has 1 aromatic heterocycles. The van der Waals surface area contributed by atoms with Crippen molar-refractivity contribution in [1.29, 1.82) is 0 Å². The maximum absolute atomic E-state index is 12.5. The van der Waals surface area contributed by atoms with Gasteiger partial charge in [-0.15, -0.1) is 0 Å². The summed E-state index contributed by atoms with van der Waals surface area (Å²) >= 11 is 6.15. The van der Waals surface area contributed by atoms with Crippen LogP contribution in [0.2, 0.25) is 5.02 Å². The van der Waals surface area contributed by atoms with Gasteiger partial charge in [-0.25, -0.2) is 0 Å². The van der Waals surface area contributed by atoms with Crippen molar-refractivity contribution in [3.05, 3.63) is 23.1 Å². The van der Waals surface area contributed by atoms with Crippen molar-refractivity contribution in [3.8, 4) is 0 Å². The fraction of sp³-hybridized carbons (Fsp3) is 0. The number of pyridine rings is 1. The number of rotatable bonds is 0. The van der Waals surface area contributed by atoms with E-state index in [1.165, 1.54) is 12.3 Å². The van der Waals surface area contributed by atoms with Gasteiger partial charge in [0.25, 0.3) is 0 Å². The molecule has 5 heteroatoms. The second-order valence-electron chi connectivity index (χ2n) is 1.58. The maximum Gasteiger partial charge on any atom is -1.00 e. The van der Waals surface area contributed by atoms with Crippen LogP contribution in [-0.4, -0.2) is 4.98 Å². The van der Waals surface area contributed by atoms with E-state index in [1.807, 2.05) is 0 Å². The Kier molecular flexibility index (Phi) is 4.58. The zero-order chi connectivity index (χ0) is 6.85. The molecule has 50 valence electrons. The maximum atomic E-state index is 12.5. The largest absolute Gasteiger partial charge is 1.00 e. The van der Waals surface area contributed by atoms with Gasteiger partial charge in [0.05, 0.1) is 0 Å². The molecule has 0 N–H and O–H groups in total. The Balaban J connectivity index is 0.000000810. The molecular weight excluding hydrogens is 274 g/mol. The summed E-state index contributed by atoms with van der Waals surface area (Å²) in [6.45, 7) is 0. The molecule has 1 heterocycles. The molecule has 0 amide bonds. The molecular formula is C5H2BrClFNZn. The monoisotopic (exact) mass is 273 g/mol. The predicted molar refractivity (Wildman–Crippen MR) is 28.8 cm³/mol. The summed E-state index contributed by atoms with van der Waals surface area (Å²) in [5.74, 6) is -0.303. The van der Waals surface area contributed by atoms with Gasteiger partial charge in [-0.2, -0.15) is 0 Å². The smallest absolute Gasteiger partial charge is 1.00 e. The van der Waals surface area contributed by atoms with Gasteiger partial charge in [0.2, 0.25) is 0 Å². The van der Waals surface area contributed by atoms with Crippen LogP contribution in [-0.2, 0) is 18.3 Å². The van der Waals surface area contributed by atoms with E-state index in [9.17, 15) is 4.39 Å². The zero-order valence-corrected chi connectivity index (χ0v) is 10.3. The number of aromatic nitrogens is 1. The van der Waals surface area contributed by atoms with E-state index < -0.39 is 0 Å². The van der Waals surface area contributed by atoms with E-state index in [1.54, 1.807) is 0 Å². The standard InChI is InChI=1S/C5H2ClFN.BrH.Zn/c6-4-1-5(7)3-8-2-4;;/h1-2H;1H;/q;;+1/p-1. The molecule has 0 unspecified atom stereocenters. The molecule has 0 aliphatic rings. The molecule has 0 aliphatic heterocycles. The second-order valence-corrected chi connectivity index (χ2v) is 3.42. The Labute approximate surface area is 83.4 Å². The number of hydrogen-bond donors (Lipinski definition) is 0. The van der Waals surface area contributed by atoms with Gasteiger partial charge in [-0.05, 0) is 0 Å². The molecule has 0 bridgehead atoms. The van der Waals surface area contributed by atoms with Gasteiger partial charge >= 0.3 is 66.7 Å². The van der Waals surface area contributed by atoms with E-state index in [2.05, 4.69) is 4.98 Å². The number of halogens is 3. The van der Waals surface area contributed by atoms with Crippen molar-refractivity contribution in [1.82, 2.24) is 4.98 Å². The summed E-state index contributed by atoms with van der Waals surface area (Å²) < 4.78 is 13.0. The van der Waals surface area contributed by atoms with Gasteiger partial charge in [0, 0.05) is 0 Å². The summed E-state index contributed by atoms with van der Waals surface area (Å²) in [6.07, 6.45) is 1.45. The number of nitrogens with zero attached hydrogens (tertiary/aromatic N) is 1. The molecule has 0 aromatic carbocycles. The van der Waals surface area contributed by atoms with Crippen LogP contribution in [0.5, 0.6) is 0 Å². The quantitative estimate of drug-likeness (QED) is 0.502. The third-order valence-corrected chi connectivity index (χ3v) is 2.18. The average molecular weight is 276 g/mol. The molecule has 0 fully saturated rings. The van der Waals surface area contributed by atoms with E-state index in [-0.39, 0.29) is 22.8 Å². The molecule has 1 rings (SSSR count). The fourth-order valence-electron chi connectivity index (χ4n) is 0.443. The van der Waals surface area contributed by atoms with Crippen LogP contribution >= 0.6 is 11.6 Å². The number of hydrogen-bond acceptors (Lipinski definition) is 1. The van der Waals surface area contributed by atoms with E-state index in [0.29, 0.717) is 9.31 Å². The van der Waals surface area contributed by atoms with Crippen LogP contribution < -0.4 is 21.3 Å². The molecule has 10 heavy (non-hydrogen) atoms. The first-order valence-corrected chi connectivity index (χ1v) is 4.19. The van der Waals surface area contributed by atoms with Crippen molar-refractivity contribution in [3.63, 3.8) is 0 Å². The van der Waals surface area contributed by atoms with Crippen molar-refractivity contribution in [2.75, 3.05) is 0 Å². The Hall–Kier alpha value is 0.473. The van der Waals surface area contributed by atoms with Crippen molar-refractivity contribution in [2.45, 2.75) is 0 Å². The molecule has 0 radical (unpaired) electrons. The van der Waals surface area contributed by atoms with Gasteiger partial charge < -0.3 is 17.0 Å².